The molecule has 0 saturated heterocycles. The first-order valence-electron chi connectivity index (χ1n) is 5.89. The molecule has 0 atom stereocenters. The highest BCUT2D eigenvalue weighted by atomic mass is 79.9. The van der Waals surface area contributed by atoms with E-state index in [4.69, 9.17) is 0 Å². The van der Waals surface area contributed by atoms with Crippen molar-refractivity contribution in [1.82, 2.24) is 9.78 Å². The molecule has 5 heteroatoms. The van der Waals surface area contributed by atoms with E-state index >= 15 is 0 Å². The normalized spacial score (nSPS) is 10.8. The van der Waals surface area contributed by atoms with Crippen LogP contribution in [0.15, 0.2) is 59.3 Å². The van der Waals surface area contributed by atoms with Crippen LogP contribution in [0.25, 0.3) is 16.8 Å². The van der Waals surface area contributed by atoms with Crippen LogP contribution in [0.2, 0.25) is 0 Å². The molecular formula is C15H9BrF2N2. The molecule has 0 saturated carbocycles. The second-order valence-electron chi connectivity index (χ2n) is 4.28. The van der Waals surface area contributed by atoms with Gasteiger partial charge in [-0.15, -0.1) is 0 Å². The van der Waals surface area contributed by atoms with Crippen molar-refractivity contribution in [3.8, 4) is 16.8 Å². The molecule has 3 aromatic rings. The molecule has 0 aliphatic heterocycles. The Bertz CT molecular complexity index is 768. The number of halogens is 3. The van der Waals surface area contributed by atoms with Crippen molar-refractivity contribution in [3.05, 3.63) is 71.0 Å². The fourth-order valence-corrected chi connectivity index (χ4v) is 2.34. The zero-order chi connectivity index (χ0) is 14.1. The molecule has 0 aliphatic rings. The van der Waals surface area contributed by atoms with E-state index in [1.165, 1.54) is 16.8 Å². The maximum atomic E-state index is 13.7. The molecule has 1 heterocycles. The van der Waals surface area contributed by atoms with Crippen LogP contribution in [0.1, 0.15) is 0 Å². The Balaban J connectivity index is 2.02. The van der Waals surface area contributed by atoms with Crippen molar-refractivity contribution in [2.24, 2.45) is 0 Å². The van der Waals surface area contributed by atoms with Gasteiger partial charge in [-0.2, -0.15) is 5.10 Å². The van der Waals surface area contributed by atoms with E-state index in [9.17, 15) is 8.78 Å². The van der Waals surface area contributed by atoms with Crippen molar-refractivity contribution in [1.29, 1.82) is 0 Å². The second kappa shape index (κ2) is 5.17. The highest BCUT2D eigenvalue weighted by molar-refractivity contribution is 9.10. The first kappa shape index (κ1) is 13.0. The van der Waals surface area contributed by atoms with Crippen LogP contribution in [0.4, 0.5) is 8.78 Å². The summed E-state index contributed by atoms with van der Waals surface area (Å²) in [4.78, 5) is 0. The summed E-state index contributed by atoms with van der Waals surface area (Å²) >= 11 is 3.40. The number of rotatable bonds is 2. The van der Waals surface area contributed by atoms with Gasteiger partial charge in [0.1, 0.15) is 11.5 Å². The van der Waals surface area contributed by atoms with Gasteiger partial charge in [-0.25, -0.2) is 13.5 Å². The van der Waals surface area contributed by atoms with Crippen LogP contribution in [0.5, 0.6) is 0 Å². The predicted octanol–water partition coefficient (Wildman–Crippen LogP) is 4.58. The summed E-state index contributed by atoms with van der Waals surface area (Å²) in [5.41, 5.74) is 2.04. The van der Waals surface area contributed by atoms with Crippen molar-refractivity contribution in [2.45, 2.75) is 0 Å². The molecule has 0 radical (unpaired) electrons. The number of nitrogens with zero attached hydrogens (tertiary/aromatic N) is 2. The number of hydrogen-bond acceptors (Lipinski definition) is 1. The molecule has 3 rings (SSSR count). The molecule has 2 nitrogen and oxygen atoms in total. The van der Waals surface area contributed by atoms with Crippen molar-refractivity contribution in [2.75, 3.05) is 0 Å². The third-order valence-corrected chi connectivity index (χ3v) is 3.39. The van der Waals surface area contributed by atoms with Crippen LogP contribution in [0.3, 0.4) is 0 Å². The summed E-state index contributed by atoms with van der Waals surface area (Å²) in [7, 11) is 0. The number of benzene rings is 2. The van der Waals surface area contributed by atoms with Crippen LogP contribution in [-0.4, -0.2) is 9.78 Å². The Hall–Kier alpha value is -2.01. The molecule has 20 heavy (non-hydrogen) atoms. The van der Waals surface area contributed by atoms with Gasteiger partial charge in [0.25, 0.3) is 0 Å². The lowest BCUT2D eigenvalue weighted by Crippen LogP contribution is -1.98. The maximum absolute atomic E-state index is 13.7. The third-order valence-electron chi connectivity index (χ3n) is 2.90. The van der Waals surface area contributed by atoms with Gasteiger partial charge in [-0.1, -0.05) is 28.1 Å². The Labute approximate surface area is 122 Å². The van der Waals surface area contributed by atoms with Crippen LogP contribution >= 0.6 is 15.9 Å². The molecule has 0 bridgehead atoms. The highest BCUT2D eigenvalue weighted by Crippen LogP contribution is 2.24. The SMILES string of the molecule is Fc1ccc(-n2cc(-c3cccc(Br)c3)cn2)c(F)c1. The zero-order valence-corrected chi connectivity index (χ0v) is 11.8. The summed E-state index contributed by atoms with van der Waals surface area (Å²) in [6.45, 7) is 0. The van der Waals surface area contributed by atoms with Gasteiger partial charge in [-0.05, 0) is 29.8 Å². The minimum atomic E-state index is -0.645. The van der Waals surface area contributed by atoms with Crippen LogP contribution in [-0.2, 0) is 0 Å². The van der Waals surface area contributed by atoms with Gasteiger partial charge >= 0.3 is 0 Å². The van der Waals surface area contributed by atoms with E-state index in [1.807, 2.05) is 24.3 Å². The summed E-state index contributed by atoms with van der Waals surface area (Å²) in [5, 5.41) is 4.12. The Morgan fingerprint density at radius 2 is 1.85 bits per heavy atom. The average Bonchev–Trinajstić information content (AvgIpc) is 2.88. The largest absolute Gasteiger partial charge is 0.237 e. The highest BCUT2D eigenvalue weighted by Gasteiger charge is 2.08. The van der Waals surface area contributed by atoms with Gasteiger partial charge in [-0.3, -0.25) is 0 Å². The molecule has 0 unspecified atom stereocenters. The molecule has 100 valence electrons. The molecular weight excluding hydrogens is 326 g/mol. The fourth-order valence-electron chi connectivity index (χ4n) is 1.94. The lowest BCUT2D eigenvalue weighted by molar-refractivity contribution is 0.573. The molecule has 2 aromatic carbocycles. The summed E-state index contributed by atoms with van der Waals surface area (Å²) in [5.74, 6) is -1.25. The maximum Gasteiger partial charge on any atom is 0.151 e. The smallest absolute Gasteiger partial charge is 0.151 e. The van der Waals surface area contributed by atoms with Gasteiger partial charge in [0, 0.05) is 22.3 Å². The number of hydrogen-bond donors (Lipinski definition) is 0. The van der Waals surface area contributed by atoms with E-state index in [0.717, 1.165) is 21.7 Å². The minimum absolute atomic E-state index is 0.215. The summed E-state index contributed by atoms with van der Waals surface area (Å²) in [6.07, 6.45) is 3.35. The van der Waals surface area contributed by atoms with Gasteiger partial charge in [0.2, 0.25) is 0 Å². The van der Waals surface area contributed by atoms with Gasteiger partial charge in [0.15, 0.2) is 5.82 Å². The molecule has 0 spiro atoms. The lowest BCUT2D eigenvalue weighted by Gasteiger charge is -2.02. The van der Waals surface area contributed by atoms with Crippen molar-refractivity contribution < 1.29 is 8.78 Å². The molecule has 0 aliphatic carbocycles. The topological polar surface area (TPSA) is 17.8 Å². The third kappa shape index (κ3) is 2.49. The average molecular weight is 335 g/mol. The fraction of sp³-hybridized carbons (Fsp3) is 0. The first-order chi connectivity index (χ1) is 9.63. The second-order valence-corrected chi connectivity index (χ2v) is 5.20. The number of aromatic nitrogens is 2. The molecule has 0 fully saturated rings. The van der Waals surface area contributed by atoms with E-state index in [-0.39, 0.29) is 5.69 Å². The van der Waals surface area contributed by atoms with Crippen LogP contribution < -0.4 is 0 Å². The van der Waals surface area contributed by atoms with E-state index in [1.54, 1.807) is 12.4 Å². The quantitative estimate of drug-likeness (QED) is 0.670. The Morgan fingerprint density at radius 3 is 2.60 bits per heavy atom. The van der Waals surface area contributed by atoms with Gasteiger partial charge in [0.05, 0.1) is 6.20 Å². The monoisotopic (exact) mass is 334 g/mol. The molecule has 0 amide bonds. The van der Waals surface area contributed by atoms with Gasteiger partial charge < -0.3 is 0 Å². The first-order valence-corrected chi connectivity index (χ1v) is 6.69. The summed E-state index contributed by atoms with van der Waals surface area (Å²) < 4.78 is 29.0. The minimum Gasteiger partial charge on any atom is -0.237 e. The Kier molecular flexibility index (Phi) is 3.36. The van der Waals surface area contributed by atoms with Crippen molar-refractivity contribution >= 4 is 15.9 Å². The predicted molar refractivity (Wildman–Crippen MR) is 76.6 cm³/mol. The van der Waals surface area contributed by atoms with E-state index < -0.39 is 11.6 Å². The van der Waals surface area contributed by atoms with E-state index in [0.29, 0.717) is 0 Å². The summed E-state index contributed by atoms with van der Waals surface area (Å²) in [6, 6.07) is 11.1. The zero-order valence-electron chi connectivity index (χ0n) is 10.2. The van der Waals surface area contributed by atoms with E-state index in [2.05, 4.69) is 21.0 Å². The van der Waals surface area contributed by atoms with Crippen LogP contribution in [0, 0.1) is 11.6 Å². The lowest BCUT2D eigenvalue weighted by atomic mass is 10.1. The Morgan fingerprint density at radius 1 is 1.00 bits per heavy atom. The van der Waals surface area contributed by atoms with Crippen molar-refractivity contribution in [3.63, 3.8) is 0 Å². The molecule has 0 N–H and O–H groups in total. The molecule has 1 aromatic heterocycles. The standard InChI is InChI=1S/C15H9BrF2N2/c16-12-3-1-2-10(6-12)11-8-19-20(9-11)15-5-4-13(17)7-14(15)18/h1-9H.